The van der Waals surface area contributed by atoms with E-state index in [4.69, 9.17) is 0 Å². The van der Waals surface area contributed by atoms with Gasteiger partial charge in [-0.25, -0.2) is 0 Å². The molecule has 0 radical (unpaired) electrons. The van der Waals surface area contributed by atoms with Gasteiger partial charge in [0.25, 0.3) is 0 Å². The minimum Gasteiger partial charge on any atom is -0.303 e. The molecule has 0 saturated carbocycles. The standard InChI is InChI=1S/C19H17N3O2S/c1-13-7-9-15(10-8-13)16(23)11-17-18(24)21-19(25-17)22-20-12-14-5-3-2-4-6-14/h2-10,12,17H,11H2,1H3,(H,21,22,24)/b20-12+. The van der Waals surface area contributed by atoms with E-state index in [0.717, 1.165) is 11.1 Å². The van der Waals surface area contributed by atoms with Gasteiger partial charge in [-0.15, -0.1) is 5.10 Å². The first kappa shape index (κ1) is 17.1. The lowest BCUT2D eigenvalue weighted by Gasteiger charge is -2.04. The lowest BCUT2D eigenvalue weighted by Crippen LogP contribution is -2.26. The number of carbonyl (C=O) groups excluding carboxylic acids is 2. The van der Waals surface area contributed by atoms with E-state index >= 15 is 0 Å². The number of amidine groups is 1. The fourth-order valence-corrected chi connectivity index (χ4v) is 3.22. The van der Waals surface area contributed by atoms with E-state index in [1.807, 2.05) is 49.4 Å². The van der Waals surface area contributed by atoms with Crippen LogP contribution in [0.2, 0.25) is 0 Å². The van der Waals surface area contributed by atoms with Crippen LogP contribution < -0.4 is 5.32 Å². The number of nitrogens with zero attached hydrogens (tertiary/aromatic N) is 2. The molecule has 5 nitrogen and oxygen atoms in total. The first-order chi connectivity index (χ1) is 12.1. The van der Waals surface area contributed by atoms with E-state index in [2.05, 4.69) is 15.5 Å². The molecule has 1 unspecified atom stereocenters. The number of aryl methyl sites for hydroxylation is 1. The minimum absolute atomic E-state index is 0.0540. The maximum atomic E-state index is 12.3. The molecule has 1 fully saturated rings. The van der Waals surface area contributed by atoms with Crippen molar-refractivity contribution in [2.75, 3.05) is 0 Å². The van der Waals surface area contributed by atoms with Gasteiger partial charge in [0.05, 0.1) is 11.5 Å². The number of nitrogens with one attached hydrogen (secondary N) is 1. The van der Waals surface area contributed by atoms with Crippen molar-refractivity contribution in [1.82, 2.24) is 5.32 Å². The minimum atomic E-state index is -0.473. The Morgan fingerprint density at radius 1 is 1.16 bits per heavy atom. The third-order valence-corrected chi connectivity index (χ3v) is 4.75. The van der Waals surface area contributed by atoms with E-state index in [-0.39, 0.29) is 18.1 Å². The largest absolute Gasteiger partial charge is 0.303 e. The van der Waals surface area contributed by atoms with Crippen molar-refractivity contribution in [2.45, 2.75) is 18.6 Å². The molecule has 3 rings (SSSR count). The monoisotopic (exact) mass is 351 g/mol. The summed E-state index contributed by atoms with van der Waals surface area (Å²) in [7, 11) is 0. The SMILES string of the molecule is Cc1ccc(C(=O)CC2S/C(=N/N=C/c3ccccc3)NC2=O)cc1. The molecule has 1 aliphatic heterocycles. The smallest absolute Gasteiger partial charge is 0.240 e. The zero-order valence-corrected chi connectivity index (χ0v) is 14.5. The number of Topliss-reactive ketones (excluding diaryl/α,β-unsaturated/α-hetero) is 1. The third-order valence-electron chi connectivity index (χ3n) is 3.68. The fourth-order valence-electron chi connectivity index (χ4n) is 2.30. The first-order valence-electron chi connectivity index (χ1n) is 7.85. The van der Waals surface area contributed by atoms with Gasteiger partial charge in [-0.3, -0.25) is 9.59 Å². The second-order valence-corrected chi connectivity index (χ2v) is 6.84. The Morgan fingerprint density at radius 2 is 1.88 bits per heavy atom. The van der Waals surface area contributed by atoms with Crippen LogP contribution in [0, 0.1) is 6.92 Å². The summed E-state index contributed by atoms with van der Waals surface area (Å²) in [5, 5.41) is 10.6. The molecule has 2 aromatic carbocycles. The maximum Gasteiger partial charge on any atom is 0.240 e. The molecule has 2 aromatic rings. The zero-order chi connectivity index (χ0) is 17.6. The molecule has 6 heteroatoms. The van der Waals surface area contributed by atoms with Crippen molar-refractivity contribution in [3.8, 4) is 0 Å². The average molecular weight is 351 g/mol. The number of rotatable bonds is 5. The Balaban J connectivity index is 1.60. The van der Waals surface area contributed by atoms with Gasteiger partial charge in [-0.1, -0.05) is 71.9 Å². The van der Waals surface area contributed by atoms with E-state index < -0.39 is 5.25 Å². The summed E-state index contributed by atoms with van der Waals surface area (Å²) in [5.41, 5.74) is 2.63. The van der Waals surface area contributed by atoms with Gasteiger partial charge < -0.3 is 5.32 Å². The molecule has 0 aliphatic carbocycles. The van der Waals surface area contributed by atoms with Crippen LogP contribution >= 0.6 is 11.8 Å². The molecular weight excluding hydrogens is 334 g/mol. The number of thioether (sulfide) groups is 1. The summed E-state index contributed by atoms with van der Waals surface area (Å²) in [5.74, 6) is -0.263. The summed E-state index contributed by atoms with van der Waals surface area (Å²) >= 11 is 1.23. The molecule has 1 N–H and O–H groups in total. The highest BCUT2D eigenvalue weighted by Gasteiger charge is 2.32. The van der Waals surface area contributed by atoms with Gasteiger partial charge in [0.2, 0.25) is 5.91 Å². The molecule has 1 atom stereocenters. The van der Waals surface area contributed by atoms with Crippen LogP contribution in [0.1, 0.15) is 27.9 Å². The Labute approximate surface area is 150 Å². The summed E-state index contributed by atoms with van der Waals surface area (Å²) in [6, 6.07) is 16.9. The van der Waals surface area contributed by atoms with Crippen LogP contribution in [0.5, 0.6) is 0 Å². The van der Waals surface area contributed by atoms with Gasteiger partial charge in [0, 0.05) is 12.0 Å². The fraction of sp³-hybridized carbons (Fsp3) is 0.158. The Kier molecular flexibility index (Phi) is 5.40. The Bertz CT molecular complexity index is 830. The van der Waals surface area contributed by atoms with E-state index in [9.17, 15) is 9.59 Å². The number of hydrogen-bond donors (Lipinski definition) is 1. The quantitative estimate of drug-likeness (QED) is 0.511. The van der Waals surface area contributed by atoms with Gasteiger partial charge in [-0.2, -0.15) is 5.10 Å². The lowest BCUT2D eigenvalue weighted by molar-refractivity contribution is -0.118. The van der Waals surface area contributed by atoms with Crippen molar-refractivity contribution in [3.05, 3.63) is 71.3 Å². The number of hydrogen-bond acceptors (Lipinski definition) is 5. The maximum absolute atomic E-state index is 12.3. The molecule has 0 bridgehead atoms. The van der Waals surface area contributed by atoms with Crippen LogP contribution in [0.3, 0.4) is 0 Å². The summed E-state index contributed by atoms with van der Waals surface area (Å²) < 4.78 is 0. The summed E-state index contributed by atoms with van der Waals surface area (Å²) in [4.78, 5) is 24.3. The van der Waals surface area contributed by atoms with E-state index in [0.29, 0.717) is 10.7 Å². The van der Waals surface area contributed by atoms with Gasteiger partial charge in [0.1, 0.15) is 0 Å². The molecule has 25 heavy (non-hydrogen) atoms. The van der Waals surface area contributed by atoms with Gasteiger partial charge in [0.15, 0.2) is 11.0 Å². The topological polar surface area (TPSA) is 70.9 Å². The predicted molar refractivity (Wildman–Crippen MR) is 101 cm³/mol. The average Bonchev–Trinajstić information content (AvgIpc) is 2.96. The van der Waals surface area contributed by atoms with Crippen LogP contribution in [-0.2, 0) is 4.79 Å². The normalized spacial score (nSPS) is 18.7. The molecule has 0 spiro atoms. The lowest BCUT2D eigenvalue weighted by atomic mass is 10.0. The first-order valence-corrected chi connectivity index (χ1v) is 8.73. The van der Waals surface area contributed by atoms with Gasteiger partial charge in [-0.05, 0) is 12.5 Å². The predicted octanol–water partition coefficient (Wildman–Crippen LogP) is 3.19. The van der Waals surface area contributed by atoms with Crippen molar-refractivity contribution in [1.29, 1.82) is 0 Å². The number of amides is 1. The second kappa shape index (κ2) is 7.90. The van der Waals surface area contributed by atoms with Gasteiger partial charge >= 0.3 is 0 Å². The molecule has 1 saturated heterocycles. The van der Waals surface area contributed by atoms with E-state index in [1.54, 1.807) is 18.3 Å². The molecular formula is C19H17N3O2S. The summed E-state index contributed by atoms with van der Waals surface area (Å²) in [6.45, 7) is 1.97. The number of benzene rings is 2. The van der Waals surface area contributed by atoms with Crippen LogP contribution in [0.15, 0.2) is 64.8 Å². The highest BCUT2D eigenvalue weighted by atomic mass is 32.2. The number of carbonyl (C=O) groups is 2. The summed E-state index contributed by atoms with van der Waals surface area (Å²) in [6.07, 6.45) is 1.76. The van der Waals surface area contributed by atoms with Crippen LogP contribution in [0.4, 0.5) is 0 Å². The van der Waals surface area contributed by atoms with Crippen molar-refractivity contribution in [2.24, 2.45) is 10.2 Å². The van der Waals surface area contributed by atoms with Crippen molar-refractivity contribution < 1.29 is 9.59 Å². The Hall–Kier alpha value is -2.73. The molecule has 1 aliphatic rings. The van der Waals surface area contributed by atoms with Crippen molar-refractivity contribution >= 4 is 34.8 Å². The molecule has 1 amide bonds. The van der Waals surface area contributed by atoms with Crippen LogP contribution in [-0.4, -0.2) is 28.3 Å². The molecule has 0 aromatic heterocycles. The van der Waals surface area contributed by atoms with E-state index in [1.165, 1.54) is 11.8 Å². The number of ketones is 1. The highest BCUT2D eigenvalue weighted by Crippen LogP contribution is 2.24. The zero-order valence-electron chi connectivity index (χ0n) is 13.7. The second-order valence-electron chi connectivity index (χ2n) is 5.65. The molecule has 1 heterocycles. The molecule has 126 valence electrons. The highest BCUT2D eigenvalue weighted by molar-refractivity contribution is 8.15. The Morgan fingerprint density at radius 3 is 2.60 bits per heavy atom. The van der Waals surface area contributed by atoms with Crippen molar-refractivity contribution in [3.63, 3.8) is 0 Å². The van der Waals surface area contributed by atoms with Crippen LogP contribution in [0.25, 0.3) is 0 Å². The third kappa shape index (κ3) is 4.64.